The van der Waals surface area contributed by atoms with Crippen molar-refractivity contribution in [3.63, 3.8) is 0 Å². The average Bonchev–Trinajstić information content (AvgIpc) is 1.78. The van der Waals surface area contributed by atoms with Crippen LogP contribution in [0.5, 0.6) is 0 Å². The predicted molar refractivity (Wildman–Crippen MR) is 57.9 cm³/mol. The van der Waals surface area contributed by atoms with E-state index in [0.717, 1.165) is 12.3 Å². The van der Waals surface area contributed by atoms with E-state index in [2.05, 4.69) is 25.9 Å². The summed E-state index contributed by atoms with van der Waals surface area (Å²) < 4.78 is 0. The Kier molecular flexibility index (Phi) is 2.99. The van der Waals surface area contributed by atoms with Crippen molar-refractivity contribution in [2.75, 3.05) is 14.1 Å². The van der Waals surface area contributed by atoms with Crippen molar-refractivity contribution in [2.45, 2.75) is 40.0 Å². The molecule has 1 aliphatic rings. The molecule has 0 N–H and O–H groups in total. The molecule has 0 heterocycles. The number of hydrogen-bond acceptors (Lipinski definition) is 2. The fourth-order valence-electron chi connectivity index (χ4n) is 2.47. The molecule has 0 radical (unpaired) electrons. The molecular weight excluding hydrogens is 160 g/mol. The van der Waals surface area contributed by atoms with Gasteiger partial charge in [0, 0.05) is 19.8 Å². The third-order valence-corrected chi connectivity index (χ3v) is 2.51. The summed E-state index contributed by atoms with van der Waals surface area (Å²) >= 11 is 0. The van der Waals surface area contributed by atoms with Crippen LogP contribution in [0.15, 0.2) is 5.10 Å². The maximum Gasteiger partial charge on any atom is 0.0388 e. The highest BCUT2D eigenvalue weighted by molar-refractivity contribution is 5.85. The van der Waals surface area contributed by atoms with Crippen LogP contribution in [-0.2, 0) is 0 Å². The molecule has 0 aliphatic heterocycles. The SMILES string of the molecule is CC1C/C(=N\N(C)C)CC(C)(C)C1. The van der Waals surface area contributed by atoms with Gasteiger partial charge in [-0.3, -0.25) is 0 Å². The van der Waals surface area contributed by atoms with Gasteiger partial charge in [0.1, 0.15) is 0 Å². The Morgan fingerprint density at radius 3 is 2.46 bits per heavy atom. The fourth-order valence-corrected chi connectivity index (χ4v) is 2.47. The molecule has 0 aromatic carbocycles. The van der Waals surface area contributed by atoms with E-state index >= 15 is 0 Å². The number of rotatable bonds is 1. The minimum absolute atomic E-state index is 0.451. The van der Waals surface area contributed by atoms with Gasteiger partial charge in [-0.25, -0.2) is 0 Å². The summed E-state index contributed by atoms with van der Waals surface area (Å²) in [6.45, 7) is 7.01. The van der Waals surface area contributed by atoms with Crippen LogP contribution in [0.1, 0.15) is 40.0 Å². The highest BCUT2D eigenvalue weighted by Crippen LogP contribution is 2.36. The highest BCUT2D eigenvalue weighted by Gasteiger charge is 2.29. The molecule has 1 unspecified atom stereocenters. The summed E-state index contributed by atoms with van der Waals surface area (Å²) in [5.74, 6) is 0.794. The topological polar surface area (TPSA) is 15.6 Å². The Labute approximate surface area is 82.0 Å². The maximum atomic E-state index is 4.53. The second kappa shape index (κ2) is 3.69. The first-order chi connectivity index (χ1) is 5.89. The van der Waals surface area contributed by atoms with Gasteiger partial charge in [-0.2, -0.15) is 5.10 Å². The average molecular weight is 182 g/mol. The molecule has 0 saturated heterocycles. The van der Waals surface area contributed by atoms with E-state index in [1.54, 1.807) is 0 Å². The second-order valence-corrected chi connectivity index (χ2v) is 5.37. The van der Waals surface area contributed by atoms with Gasteiger partial charge in [-0.05, 0) is 30.6 Å². The van der Waals surface area contributed by atoms with Crippen molar-refractivity contribution < 1.29 is 0 Å². The van der Waals surface area contributed by atoms with Crippen molar-refractivity contribution >= 4 is 5.71 Å². The summed E-state index contributed by atoms with van der Waals surface area (Å²) in [7, 11) is 4.00. The van der Waals surface area contributed by atoms with Crippen LogP contribution >= 0.6 is 0 Å². The summed E-state index contributed by atoms with van der Waals surface area (Å²) in [6, 6.07) is 0. The van der Waals surface area contributed by atoms with Crippen molar-refractivity contribution in [3.05, 3.63) is 0 Å². The van der Waals surface area contributed by atoms with Crippen LogP contribution in [0, 0.1) is 11.3 Å². The Hall–Kier alpha value is -0.530. The first-order valence-electron chi connectivity index (χ1n) is 5.13. The maximum absolute atomic E-state index is 4.53. The predicted octanol–water partition coefficient (Wildman–Crippen LogP) is 2.75. The smallest absolute Gasteiger partial charge is 0.0388 e. The third-order valence-electron chi connectivity index (χ3n) is 2.51. The van der Waals surface area contributed by atoms with Gasteiger partial charge in [0.15, 0.2) is 0 Å². The van der Waals surface area contributed by atoms with E-state index < -0.39 is 0 Å². The summed E-state index contributed by atoms with van der Waals surface area (Å²) in [5.41, 5.74) is 1.82. The molecule has 2 nitrogen and oxygen atoms in total. The molecular formula is C11H22N2. The minimum Gasteiger partial charge on any atom is -0.303 e. The van der Waals surface area contributed by atoms with Crippen LogP contribution in [-0.4, -0.2) is 24.8 Å². The van der Waals surface area contributed by atoms with Gasteiger partial charge in [0.25, 0.3) is 0 Å². The van der Waals surface area contributed by atoms with Gasteiger partial charge in [-0.15, -0.1) is 0 Å². The third kappa shape index (κ3) is 3.37. The Morgan fingerprint density at radius 1 is 1.38 bits per heavy atom. The van der Waals surface area contributed by atoms with E-state index in [1.807, 2.05) is 19.1 Å². The lowest BCUT2D eigenvalue weighted by Gasteiger charge is -2.34. The second-order valence-electron chi connectivity index (χ2n) is 5.37. The normalized spacial score (nSPS) is 30.5. The molecule has 1 fully saturated rings. The van der Waals surface area contributed by atoms with Crippen LogP contribution < -0.4 is 0 Å². The van der Waals surface area contributed by atoms with Gasteiger partial charge < -0.3 is 5.01 Å². The van der Waals surface area contributed by atoms with Crippen LogP contribution in [0.2, 0.25) is 0 Å². The minimum atomic E-state index is 0.451. The molecule has 1 atom stereocenters. The molecule has 0 amide bonds. The Balaban J connectivity index is 2.68. The zero-order valence-electron chi connectivity index (χ0n) is 9.59. The quantitative estimate of drug-likeness (QED) is 0.569. The Bertz CT molecular complexity index is 204. The molecule has 2 heteroatoms. The van der Waals surface area contributed by atoms with Crippen LogP contribution in [0.25, 0.3) is 0 Å². The molecule has 0 aromatic rings. The fraction of sp³-hybridized carbons (Fsp3) is 0.909. The van der Waals surface area contributed by atoms with Crippen molar-refractivity contribution in [3.8, 4) is 0 Å². The molecule has 76 valence electrons. The lowest BCUT2D eigenvalue weighted by atomic mass is 9.72. The van der Waals surface area contributed by atoms with Gasteiger partial charge >= 0.3 is 0 Å². The number of nitrogens with zero attached hydrogens (tertiary/aromatic N) is 2. The molecule has 1 rings (SSSR count). The highest BCUT2D eigenvalue weighted by atomic mass is 15.4. The molecule has 13 heavy (non-hydrogen) atoms. The summed E-state index contributed by atoms with van der Waals surface area (Å²) in [6.07, 6.45) is 3.68. The molecule has 1 aliphatic carbocycles. The van der Waals surface area contributed by atoms with Crippen LogP contribution in [0.4, 0.5) is 0 Å². The zero-order chi connectivity index (χ0) is 10.1. The molecule has 0 bridgehead atoms. The van der Waals surface area contributed by atoms with E-state index in [4.69, 9.17) is 0 Å². The van der Waals surface area contributed by atoms with E-state index in [9.17, 15) is 0 Å². The standard InChI is InChI=1S/C11H22N2/c1-9-6-10(12-13(4)5)8-11(2,3)7-9/h9H,6-8H2,1-5H3/b12-10+. The molecule has 1 saturated carbocycles. The first kappa shape index (κ1) is 10.6. The largest absolute Gasteiger partial charge is 0.303 e. The molecule has 0 aromatic heterocycles. The lowest BCUT2D eigenvalue weighted by Crippen LogP contribution is -2.28. The van der Waals surface area contributed by atoms with Gasteiger partial charge in [-0.1, -0.05) is 20.8 Å². The Morgan fingerprint density at radius 2 is 2.00 bits per heavy atom. The van der Waals surface area contributed by atoms with Crippen molar-refractivity contribution in [1.82, 2.24) is 5.01 Å². The monoisotopic (exact) mass is 182 g/mol. The van der Waals surface area contributed by atoms with Gasteiger partial charge in [0.05, 0.1) is 0 Å². The van der Waals surface area contributed by atoms with E-state index in [-0.39, 0.29) is 0 Å². The lowest BCUT2D eigenvalue weighted by molar-refractivity contribution is 0.261. The van der Waals surface area contributed by atoms with E-state index in [1.165, 1.54) is 18.6 Å². The van der Waals surface area contributed by atoms with Crippen molar-refractivity contribution in [1.29, 1.82) is 0 Å². The molecule has 0 spiro atoms. The zero-order valence-corrected chi connectivity index (χ0v) is 9.59. The van der Waals surface area contributed by atoms with Gasteiger partial charge in [0.2, 0.25) is 0 Å². The van der Waals surface area contributed by atoms with Crippen LogP contribution in [0.3, 0.4) is 0 Å². The van der Waals surface area contributed by atoms with E-state index in [0.29, 0.717) is 5.41 Å². The number of hydrogen-bond donors (Lipinski definition) is 0. The summed E-state index contributed by atoms with van der Waals surface area (Å²) in [5, 5.41) is 6.45. The van der Waals surface area contributed by atoms with Crippen molar-refractivity contribution in [2.24, 2.45) is 16.4 Å². The summed E-state index contributed by atoms with van der Waals surface area (Å²) in [4.78, 5) is 0. The number of hydrazone groups is 1. The first-order valence-corrected chi connectivity index (χ1v) is 5.13.